The predicted molar refractivity (Wildman–Crippen MR) is 95.0 cm³/mol. The van der Waals surface area contributed by atoms with E-state index in [1.54, 1.807) is 0 Å². The summed E-state index contributed by atoms with van der Waals surface area (Å²) >= 11 is 0. The number of imidazole rings is 1. The predicted octanol–water partition coefficient (Wildman–Crippen LogP) is 3.90. The molecule has 116 valence electrons. The van der Waals surface area contributed by atoms with Gasteiger partial charge in [-0.2, -0.15) is 5.10 Å². The molecule has 1 aliphatic carbocycles. The Bertz CT molecular complexity index is 905. The highest BCUT2D eigenvalue weighted by atomic mass is 15.4. The number of nitrogens with one attached hydrogen (secondary N) is 1. The van der Waals surface area contributed by atoms with Gasteiger partial charge in [0, 0.05) is 7.05 Å². The van der Waals surface area contributed by atoms with Crippen LogP contribution in [0.15, 0.2) is 47.6 Å². The van der Waals surface area contributed by atoms with E-state index in [4.69, 9.17) is 0 Å². The van der Waals surface area contributed by atoms with E-state index in [1.807, 2.05) is 36.7 Å². The van der Waals surface area contributed by atoms with Crippen LogP contribution in [-0.4, -0.2) is 15.3 Å². The second-order valence-corrected chi connectivity index (χ2v) is 6.13. The number of hydrogen-bond donors (Lipinski definition) is 1. The van der Waals surface area contributed by atoms with Gasteiger partial charge < -0.3 is 4.57 Å². The van der Waals surface area contributed by atoms with Gasteiger partial charge in [-0.1, -0.05) is 24.3 Å². The molecule has 0 radical (unpaired) electrons. The number of benzene rings is 2. The van der Waals surface area contributed by atoms with E-state index in [-0.39, 0.29) is 0 Å². The number of anilines is 1. The summed E-state index contributed by atoms with van der Waals surface area (Å²) in [6.07, 6.45) is 3.67. The summed E-state index contributed by atoms with van der Waals surface area (Å²) in [7, 11) is 2.00. The Hall–Kier alpha value is -2.62. The molecule has 0 spiro atoms. The van der Waals surface area contributed by atoms with Gasteiger partial charge in [0.15, 0.2) is 0 Å². The Balaban J connectivity index is 1.61. The average Bonchev–Trinajstić information content (AvgIpc) is 3.17. The lowest BCUT2D eigenvalue weighted by Gasteiger charge is -2.06. The summed E-state index contributed by atoms with van der Waals surface area (Å²) in [5, 5.41) is 4.53. The topological polar surface area (TPSA) is 42.2 Å². The highest BCUT2D eigenvalue weighted by molar-refractivity contribution is 5.99. The van der Waals surface area contributed by atoms with Gasteiger partial charge in [-0.15, -0.1) is 0 Å². The zero-order chi connectivity index (χ0) is 15.8. The van der Waals surface area contributed by atoms with Crippen LogP contribution in [-0.2, 0) is 19.9 Å². The van der Waals surface area contributed by atoms with E-state index in [9.17, 15) is 0 Å². The maximum absolute atomic E-state index is 4.58. The first kappa shape index (κ1) is 14.0. The lowest BCUT2D eigenvalue weighted by molar-refractivity contribution is 0.912. The zero-order valence-electron chi connectivity index (χ0n) is 13.5. The number of hydrazone groups is 1. The number of rotatable bonds is 3. The third kappa shape index (κ3) is 2.50. The first-order chi connectivity index (χ1) is 11.2. The Kier molecular flexibility index (Phi) is 3.37. The summed E-state index contributed by atoms with van der Waals surface area (Å²) < 4.78 is 2.02. The molecule has 0 saturated carbocycles. The fourth-order valence-corrected chi connectivity index (χ4v) is 3.24. The molecule has 4 nitrogen and oxygen atoms in total. The molecule has 0 fully saturated rings. The molecular weight excluding hydrogens is 284 g/mol. The third-order valence-electron chi connectivity index (χ3n) is 4.63. The molecule has 1 aliphatic rings. The van der Waals surface area contributed by atoms with Gasteiger partial charge in [-0.05, 0) is 61.1 Å². The number of aryl methyl sites for hydroxylation is 3. The van der Waals surface area contributed by atoms with E-state index in [2.05, 4.69) is 39.8 Å². The maximum atomic E-state index is 4.58. The van der Waals surface area contributed by atoms with Crippen molar-refractivity contribution in [2.75, 3.05) is 5.43 Å². The molecule has 1 heterocycles. The first-order valence-electron chi connectivity index (χ1n) is 8.06. The standard InChI is InChI=1S/C19H20N4/c1-13(15-11-10-14-6-5-7-16(14)12-15)21-22-19-20-17-8-3-4-9-18(17)23(19)2/h3-4,8-12H,5-7H2,1-2H3,(H,20,22). The van der Waals surface area contributed by atoms with Gasteiger partial charge in [0.2, 0.25) is 5.95 Å². The van der Waals surface area contributed by atoms with Gasteiger partial charge in [-0.25, -0.2) is 10.4 Å². The van der Waals surface area contributed by atoms with Crippen molar-refractivity contribution in [1.29, 1.82) is 0 Å². The van der Waals surface area contributed by atoms with Crippen LogP contribution in [0.5, 0.6) is 0 Å². The van der Waals surface area contributed by atoms with Crippen molar-refractivity contribution < 1.29 is 0 Å². The number of hydrogen-bond acceptors (Lipinski definition) is 3. The second kappa shape index (κ2) is 5.54. The van der Waals surface area contributed by atoms with Crippen LogP contribution >= 0.6 is 0 Å². The summed E-state index contributed by atoms with van der Waals surface area (Å²) in [5.74, 6) is 0.756. The van der Waals surface area contributed by atoms with Gasteiger partial charge in [0.05, 0.1) is 16.7 Å². The highest BCUT2D eigenvalue weighted by Crippen LogP contribution is 2.23. The van der Waals surface area contributed by atoms with E-state index in [1.165, 1.54) is 36.0 Å². The van der Waals surface area contributed by atoms with Crippen LogP contribution in [0.3, 0.4) is 0 Å². The SMILES string of the molecule is CC(=NNc1nc2ccccc2n1C)c1ccc2c(c1)CCC2. The quantitative estimate of drug-likeness (QED) is 0.589. The minimum atomic E-state index is 0.756. The highest BCUT2D eigenvalue weighted by Gasteiger charge is 2.12. The number of aromatic nitrogens is 2. The van der Waals surface area contributed by atoms with Crippen LogP contribution in [0.2, 0.25) is 0 Å². The Labute approximate surface area is 135 Å². The van der Waals surface area contributed by atoms with Crippen molar-refractivity contribution in [2.24, 2.45) is 12.1 Å². The molecule has 0 bridgehead atoms. The van der Waals surface area contributed by atoms with Gasteiger partial charge in [0.25, 0.3) is 0 Å². The number of nitrogens with zero attached hydrogens (tertiary/aromatic N) is 3. The fourth-order valence-electron chi connectivity index (χ4n) is 3.24. The summed E-state index contributed by atoms with van der Waals surface area (Å²) in [4.78, 5) is 4.58. The van der Waals surface area contributed by atoms with Crippen LogP contribution in [0.4, 0.5) is 5.95 Å². The molecule has 0 atom stereocenters. The van der Waals surface area contributed by atoms with Crippen molar-refractivity contribution in [3.8, 4) is 0 Å². The van der Waals surface area contributed by atoms with Crippen molar-refractivity contribution in [3.05, 3.63) is 59.2 Å². The summed E-state index contributed by atoms with van der Waals surface area (Å²) in [5.41, 5.74) is 10.3. The molecule has 0 aliphatic heterocycles. The molecule has 1 aromatic heterocycles. The molecular formula is C19H20N4. The number of para-hydroxylation sites is 2. The minimum Gasteiger partial charge on any atom is -0.312 e. The Morgan fingerprint density at radius 2 is 1.96 bits per heavy atom. The van der Waals surface area contributed by atoms with E-state index in [0.29, 0.717) is 0 Å². The normalized spacial score (nSPS) is 14.3. The van der Waals surface area contributed by atoms with Crippen molar-refractivity contribution in [2.45, 2.75) is 26.2 Å². The minimum absolute atomic E-state index is 0.756. The molecule has 4 heteroatoms. The largest absolute Gasteiger partial charge is 0.312 e. The molecule has 3 aromatic rings. The molecule has 0 saturated heterocycles. The summed E-state index contributed by atoms with van der Waals surface area (Å²) in [6, 6.07) is 14.8. The van der Waals surface area contributed by atoms with Crippen LogP contribution < -0.4 is 5.43 Å². The fraction of sp³-hybridized carbons (Fsp3) is 0.263. The van der Waals surface area contributed by atoms with Crippen molar-refractivity contribution in [1.82, 2.24) is 9.55 Å². The van der Waals surface area contributed by atoms with Gasteiger partial charge >= 0.3 is 0 Å². The molecule has 0 amide bonds. The lowest BCUT2D eigenvalue weighted by atomic mass is 10.0. The van der Waals surface area contributed by atoms with Gasteiger partial charge in [-0.3, -0.25) is 0 Å². The Morgan fingerprint density at radius 1 is 1.13 bits per heavy atom. The smallest absolute Gasteiger partial charge is 0.224 e. The Morgan fingerprint density at radius 3 is 2.83 bits per heavy atom. The van der Waals surface area contributed by atoms with E-state index in [0.717, 1.165) is 22.7 Å². The zero-order valence-corrected chi connectivity index (χ0v) is 13.5. The second-order valence-electron chi connectivity index (χ2n) is 6.13. The molecule has 0 unspecified atom stereocenters. The first-order valence-corrected chi connectivity index (χ1v) is 8.06. The monoisotopic (exact) mass is 304 g/mol. The average molecular weight is 304 g/mol. The van der Waals surface area contributed by atoms with Crippen LogP contribution in [0.1, 0.15) is 30.0 Å². The molecule has 1 N–H and O–H groups in total. The van der Waals surface area contributed by atoms with Crippen LogP contribution in [0, 0.1) is 0 Å². The number of fused-ring (bicyclic) bond motifs is 2. The van der Waals surface area contributed by atoms with E-state index >= 15 is 0 Å². The lowest BCUT2D eigenvalue weighted by Crippen LogP contribution is -2.04. The van der Waals surface area contributed by atoms with E-state index < -0.39 is 0 Å². The molecule has 4 rings (SSSR count). The van der Waals surface area contributed by atoms with Crippen LogP contribution in [0.25, 0.3) is 11.0 Å². The van der Waals surface area contributed by atoms with Crippen molar-refractivity contribution >= 4 is 22.7 Å². The van der Waals surface area contributed by atoms with Gasteiger partial charge in [0.1, 0.15) is 0 Å². The maximum Gasteiger partial charge on any atom is 0.224 e. The van der Waals surface area contributed by atoms with Crippen molar-refractivity contribution in [3.63, 3.8) is 0 Å². The molecule has 2 aromatic carbocycles. The summed E-state index contributed by atoms with van der Waals surface area (Å²) in [6.45, 7) is 2.03. The third-order valence-corrected chi connectivity index (χ3v) is 4.63. The molecule has 23 heavy (non-hydrogen) atoms.